The Hall–Kier alpha value is -10.8. The van der Waals surface area contributed by atoms with Gasteiger partial charge in [0, 0.05) is 67.0 Å². The average Bonchev–Trinajstić information content (AvgIpc) is 1.59. The molecule has 0 aliphatic heterocycles. The van der Waals surface area contributed by atoms with E-state index >= 15 is 0 Å². The standard InChI is InChI=1S/C39H45N.C39H39N.C33H34FN/c2*1-26-18-19-31(29-16-12-9-13-17-29)24-36(26)40(38(3,4)5)37-25-35-32(22-27(37)2)33-23-30(28-14-10-8-11-15-28)20-21-34(33)39(35,6)7;1-21-13-14-24(23-11-9-8-10-12-23)18-30(21)35(32(3,4)5)31-20-29-26(17-22(31)2)27-19-25(34)15-16-28(27)33(29,6)7/h9,12-13,16-25,28H,8,10-11,14-15H2,1-7H3;8-25H,1-7H3;8-20H,1-7H3. The van der Waals surface area contributed by atoms with Gasteiger partial charge in [0.05, 0.1) is 0 Å². The highest BCUT2D eigenvalue weighted by molar-refractivity contribution is 5.91. The molecule has 17 rings (SSSR count). The number of aryl methyl sites for hydroxylation is 6. The predicted octanol–water partition coefficient (Wildman–Crippen LogP) is 31.5. The van der Waals surface area contributed by atoms with Crippen molar-refractivity contribution in [2.45, 2.75) is 216 Å². The van der Waals surface area contributed by atoms with Gasteiger partial charge < -0.3 is 14.7 Å². The lowest BCUT2D eigenvalue weighted by Crippen LogP contribution is -2.38. The molecular formula is C111H118FN3. The minimum Gasteiger partial charge on any atom is -0.336 e. The highest BCUT2D eigenvalue weighted by atomic mass is 19.1. The van der Waals surface area contributed by atoms with E-state index in [0.29, 0.717) is 0 Å². The maximum Gasteiger partial charge on any atom is 0.123 e. The summed E-state index contributed by atoms with van der Waals surface area (Å²) < 4.78 is 14.2. The van der Waals surface area contributed by atoms with Crippen molar-refractivity contribution >= 4 is 34.1 Å². The number of fused-ring (bicyclic) bond motifs is 9. The van der Waals surface area contributed by atoms with Crippen LogP contribution in [0.5, 0.6) is 0 Å². The molecule has 0 bridgehead atoms. The van der Waals surface area contributed by atoms with Gasteiger partial charge >= 0.3 is 0 Å². The van der Waals surface area contributed by atoms with Gasteiger partial charge in [-0.2, -0.15) is 0 Å². The van der Waals surface area contributed by atoms with E-state index in [0.717, 1.165) is 17.0 Å². The topological polar surface area (TPSA) is 9.72 Å². The van der Waals surface area contributed by atoms with Crippen molar-refractivity contribution in [2.24, 2.45) is 0 Å². The fourth-order valence-corrected chi connectivity index (χ4v) is 19.4. The van der Waals surface area contributed by atoms with Crippen LogP contribution in [0.15, 0.2) is 267 Å². The number of nitrogens with zero attached hydrogens (tertiary/aromatic N) is 3. The van der Waals surface area contributed by atoms with Crippen molar-refractivity contribution in [1.82, 2.24) is 0 Å². The summed E-state index contributed by atoms with van der Waals surface area (Å²) in [5.41, 5.74) is 42.0. The number of benzene rings is 13. The second-order valence-electron chi connectivity index (χ2n) is 38.0. The molecule has 4 aliphatic rings. The molecule has 0 saturated heterocycles. The number of anilines is 6. The van der Waals surface area contributed by atoms with Crippen LogP contribution in [-0.4, -0.2) is 16.6 Å². The molecule has 0 atom stereocenters. The highest BCUT2D eigenvalue weighted by Crippen LogP contribution is 2.57. The van der Waals surface area contributed by atoms with Gasteiger partial charge in [-0.25, -0.2) is 4.39 Å². The van der Waals surface area contributed by atoms with Crippen LogP contribution in [0.2, 0.25) is 0 Å². The van der Waals surface area contributed by atoms with Crippen LogP contribution in [0.25, 0.3) is 77.9 Å². The van der Waals surface area contributed by atoms with Crippen LogP contribution in [-0.2, 0) is 16.2 Å². The molecule has 0 radical (unpaired) electrons. The van der Waals surface area contributed by atoms with E-state index in [1.165, 1.54) is 200 Å². The van der Waals surface area contributed by atoms with E-state index in [1.54, 1.807) is 17.7 Å². The van der Waals surface area contributed by atoms with Gasteiger partial charge in [-0.15, -0.1) is 0 Å². The summed E-state index contributed by atoms with van der Waals surface area (Å²) in [4.78, 5) is 7.61. The van der Waals surface area contributed by atoms with Gasteiger partial charge in [-0.1, -0.05) is 255 Å². The first-order valence-electron chi connectivity index (χ1n) is 42.1. The second kappa shape index (κ2) is 30.4. The van der Waals surface area contributed by atoms with E-state index in [9.17, 15) is 4.39 Å². The molecule has 4 heteroatoms. The lowest BCUT2D eigenvalue weighted by atomic mass is 9.80. The van der Waals surface area contributed by atoms with Crippen molar-refractivity contribution in [3.63, 3.8) is 0 Å². The first-order valence-corrected chi connectivity index (χ1v) is 42.1. The normalized spacial score (nSPS) is 14.7. The number of hydrogen-bond donors (Lipinski definition) is 0. The minimum absolute atomic E-state index is 0.0251. The summed E-state index contributed by atoms with van der Waals surface area (Å²) in [7, 11) is 0. The zero-order chi connectivity index (χ0) is 81.6. The molecular weight excluding hydrogens is 1390 g/mol. The second-order valence-corrected chi connectivity index (χ2v) is 38.0. The zero-order valence-corrected chi connectivity index (χ0v) is 72.2. The van der Waals surface area contributed by atoms with Gasteiger partial charge in [0.2, 0.25) is 0 Å². The molecule has 0 amide bonds. The van der Waals surface area contributed by atoms with E-state index in [-0.39, 0.29) is 38.7 Å². The van der Waals surface area contributed by atoms with Crippen molar-refractivity contribution < 1.29 is 4.39 Å². The Morgan fingerprint density at radius 1 is 0.252 bits per heavy atom. The molecule has 3 nitrogen and oxygen atoms in total. The molecule has 0 aromatic heterocycles. The Balaban J connectivity index is 0.000000136. The van der Waals surface area contributed by atoms with Crippen molar-refractivity contribution in [2.75, 3.05) is 14.7 Å². The molecule has 4 aliphatic carbocycles. The fraction of sp³-hybridized carbons (Fsp3) is 0.297. The summed E-state index contributed by atoms with van der Waals surface area (Å²) in [5.74, 6) is 0.543. The largest absolute Gasteiger partial charge is 0.336 e. The lowest BCUT2D eigenvalue weighted by molar-refractivity contribution is 0.443. The van der Waals surface area contributed by atoms with Crippen LogP contribution in [0.3, 0.4) is 0 Å². The van der Waals surface area contributed by atoms with Crippen LogP contribution in [0.1, 0.15) is 214 Å². The highest BCUT2D eigenvalue weighted by Gasteiger charge is 2.42. The molecule has 13 aromatic rings. The van der Waals surface area contributed by atoms with Crippen molar-refractivity contribution in [3.05, 3.63) is 345 Å². The Morgan fingerprint density at radius 3 is 0.852 bits per heavy atom. The maximum atomic E-state index is 14.2. The third-order valence-electron chi connectivity index (χ3n) is 25.6. The van der Waals surface area contributed by atoms with Crippen LogP contribution >= 0.6 is 0 Å². The summed E-state index contributed by atoms with van der Waals surface area (Å²) in [6, 6.07) is 97.5. The predicted molar refractivity (Wildman–Crippen MR) is 493 cm³/mol. The molecule has 0 heterocycles. The summed E-state index contributed by atoms with van der Waals surface area (Å²) in [6.07, 6.45) is 6.83. The molecule has 0 spiro atoms. The Labute approximate surface area is 688 Å². The molecule has 115 heavy (non-hydrogen) atoms. The minimum atomic E-state index is -0.189. The quantitative estimate of drug-likeness (QED) is 0.128. The van der Waals surface area contributed by atoms with E-state index in [2.05, 4.69) is 409 Å². The molecule has 13 aromatic carbocycles. The van der Waals surface area contributed by atoms with Crippen molar-refractivity contribution in [3.8, 4) is 77.9 Å². The third-order valence-corrected chi connectivity index (χ3v) is 25.6. The van der Waals surface area contributed by atoms with E-state index in [4.69, 9.17) is 0 Å². The zero-order valence-electron chi connectivity index (χ0n) is 72.2. The van der Waals surface area contributed by atoms with Crippen molar-refractivity contribution in [1.29, 1.82) is 0 Å². The molecule has 0 N–H and O–H groups in total. The first kappa shape index (κ1) is 79.4. The van der Waals surface area contributed by atoms with Crippen LogP contribution in [0, 0.1) is 47.4 Å². The van der Waals surface area contributed by atoms with Gasteiger partial charge in [-0.3, -0.25) is 0 Å². The summed E-state index contributed by atoms with van der Waals surface area (Å²) in [5, 5.41) is 0. The Morgan fingerprint density at radius 2 is 0.522 bits per heavy atom. The smallest absolute Gasteiger partial charge is 0.123 e. The molecule has 584 valence electrons. The molecule has 0 unspecified atom stereocenters. The SMILES string of the molecule is Cc1ccc(-c2ccccc2)cc1N(c1cc2c(cc1C)-c1cc(-c3ccccc3)ccc1C2(C)C)C(C)(C)C.Cc1ccc(-c2ccccc2)cc1N(c1cc2c(cc1C)-c1cc(C3CCCCC3)ccc1C2(C)C)C(C)(C)C.Cc1ccc(-c2ccccc2)cc1N(c1cc2c(cc1C)-c1cc(F)ccc1C2(C)C)C(C)(C)C. The average molecular weight is 1510 g/mol. The summed E-state index contributed by atoms with van der Waals surface area (Å²) in [6.45, 7) is 48.3. The molecule has 1 fully saturated rings. The fourth-order valence-electron chi connectivity index (χ4n) is 19.4. The van der Waals surface area contributed by atoms with Crippen LogP contribution in [0.4, 0.5) is 38.5 Å². The van der Waals surface area contributed by atoms with Gasteiger partial charge in [0.25, 0.3) is 0 Å². The molecule has 1 saturated carbocycles. The lowest BCUT2D eigenvalue weighted by Gasteiger charge is -2.40. The van der Waals surface area contributed by atoms with Gasteiger partial charge in [0.15, 0.2) is 0 Å². The van der Waals surface area contributed by atoms with Gasteiger partial charge in [-0.05, 0) is 346 Å². The first-order chi connectivity index (χ1) is 54.6. The maximum absolute atomic E-state index is 14.2. The Kier molecular flexibility index (Phi) is 21.0. The Bertz CT molecular complexity index is 5810. The van der Waals surface area contributed by atoms with Gasteiger partial charge in [0.1, 0.15) is 5.82 Å². The third kappa shape index (κ3) is 15.0. The number of halogens is 1. The van der Waals surface area contributed by atoms with Crippen LogP contribution < -0.4 is 14.7 Å². The van der Waals surface area contributed by atoms with E-state index < -0.39 is 0 Å². The number of rotatable bonds is 11. The van der Waals surface area contributed by atoms with E-state index in [1.807, 2.05) is 6.07 Å². The number of hydrogen-bond acceptors (Lipinski definition) is 3. The monoisotopic (exact) mass is 1510 g/mol. The summed E-state index contributed by atoms with van der Waals surface area (Å²) >= 11 is 0.